The number of H-pyrrole nitrogens is 1. The van der Waals surface area contributed by atoms with Gasteiger partial charge >= 0.3 is 6.18 Å². The summed E-state index contributed by atoms with van der Waals surface area (Å²) in [5.41, 5.74) is -1.26. The fourth-order valence-electron chi connectivity index (χ4n) is 2.82. The van der Waals surface area contributed by atoms with Crippen molar-refractivity contribution in [3.8, 4) is 0 Å². The SMILES string of the molecule is O=c1ccc(N2CCCCC2CNc2nccc(C(F)(F)F)n2)n[nH]1. The molecule has 2 aromatic rings. The molecule has 0 amide bonds. The van der Waals surface area contributed by atoms with Crippen LogP contribution >= 0.6 is 0 Å². The van der Waals surface area contributed by atoms with E-state index in [0.29, 0.717) is 12.4 Å². The van der Waals surface area contributed by atoms with E-state index in [2.05, 4.69) is 25.5 Å². The molecular weight excluding hydrogens is 337 g/mol. The minimum absolute atomic E-state index is 0.0188. The molecule has 0 spiro atoms. The van der Waals surface area contributed by atoms with Gasteiger partial charge in [-0.25, -0.2) is 15.1 Å². The maximum atomic E-state index is 12.7. The average molecular weight is 354 g/mol. The van der Waals surface area contributed by atoms with Gasteiger partial charge in [0.05, 0.1) is 0 Å². The molecule has 0 aliphatic carbocycles. The number of nitrogens with zero attached hydrogens (tertiary/aromatic N) is 4. The largest absolute Gasteiger partial charge is 0.433 e. The second-order valence-electron chi connectivity index (χ2n) is 5.77. The Morgan fingerprint density at radius 1 is 1.28 bits per heavy atom. The predicted molar refractivity (Wildman–Crippen MR) is 85.4 cm³/mol. The number of anilines is 2. The number of hydrogen-bond acceptors (Lipinski definition) is 6. The van der Waals surface area contributed by atoms with Gasteiger partial charge in [-0.1, -0.05) is 0 Å². The van der Waals surface area contributed by atoms with Gasteiger partial charge in [-0.2, -0.15) is 18.3 Å². The van der Waals surface area contributed by atoms with Crippen molar-refractivity contribution in [1.82, 2.24) is 20.2 Å². The number of aromatic nitrogens is 4. The van der Waals surface area contributed by atoms with Gasteiger partial charge in [0.15, 0.2) is 0 Å². The Morgan fingerprint density at radius 2 is 2.12 bits per heavy atom. The van der Waals surface area contributed by atoms with Crippen LogP contribution in [0.5, 0.6) is 0 Å². The van der Waals surface area contributed by atoms with Gasteiger partial charge in [0.1, 0.15) is 11.5 Å². The molecule has 134 valence electrons. The zero-order valence-electron chi connectivity index (χ0n) is 13.3. The third-order valence-electron chi connectivity index (χ3n) is 4.03. The molecule has 1 saturated heterocycles. The molecule has 3 heterocycles. The summed E-state index contributed by atoms with van der Waals surface area (Å²) in [4.78, 5) is 20.5. The molecule has 7 nitrogen and oxygen atoms in total. The lowest BCUT2D eigenvalue weighted by molar-refractivity contribution is -0.141. The summed E-state index contributed by atoms with van der Waals surface area (Å²) >= 11 is 0. The topological polar surface area (TPSA) is 86.8 Å². The molecular formula is C15H17F3N6O. The summed E-state index contributed by atoms with van der Waals surface area (Å²) in [6.07, 6.45) is -0.573. The summed E-state index contributed by atoms with van der Waals surface area (Å²) in [6, 6.07) is 3.89. The lowest BCUT2D eigenvalue weighted by Crippen LogP contribution is -2.44. The van der Waals surface area contributed by atoms with Crippen LogP contribution in [-0.2, 0) is 6.18 Å². The van der Waals surface area contributed by atoms with E-state index in [-0.39, 0.29) is 17.5 Å². The van der Waals surface area contributed by atoms with Crippen molar-refractivity contribution in [3.05, 3.63) is 40.4 Å². The molecule has 0 radical (unpaired) electrons. The molecule has 1 atom stereocenters. The predicted octanol–water partition coefficient (Wildman–Crippen LogP) is 2.05. The molecule has 0 bridgehead atoms. The smallest absolute Gasteiger partial charge is 0.352 e. The number of rotatable bonds is 4. The van der Waals surface area contributed by atoms with Crippen molar-refractivity contribution < 1.29 is 13.2 Å². The normalized spacial score (nSPS) is 18.2. The van der Waals surface area contributed by atoms with Crippen molar-refractivity contribution >= 4 is 11.8 Å². The Kier molecular flexibility index (Phi) is 4.86. The first-order valence-electron chi connectivity index (χ1n) is 7.90. The Labute approximate surface area is 141 Å². The average Bonchev–Trinajstić information content (AvgIpc) is 2.60. The quantitative estimate of drug-likeness (QED) is 0.874. The third kappa shape index (κ3) is 4.25. The van der Waals surface area contributed by atoms with E-state index in [1.807, 2.05) is 4.90 Å². The van der Waals surface area contributed by atoms with Crippen molar-refractivity contribution in [1.29, 1.82) is 0 Å². The molecule has 1 unspecified atom stereocenters. The van der Waals surface area contributed by atoms with E-state index in [1.54, 1.807) is 6.07 Å². The molecule has 25 heavy (non-hydrogen) atoms. The van der Waals surface area contributed by atoms with Crippen LogP contribution in [0, 0.1) is 0 Å². The van der Waals surface area contributed by atoms with Crippen molar-refractivity contribution in [2.75, 3.05) is 23.3 Å². The Bertz CT molecular complexity index is 758. The van der Waals surface area contributed by atoms with Gasteiger partial charge < -0.3 is 10.2 Å². The van der Waals surface area contributed by atoms with Gasteiger partial charge in [-0.3, -0.25) is 4.79 Å². The molecule has 0 saturated carbocycles. The minimum Gasteiger partial charge on any atom is -0.352 e. The number of hydrogen-bond donors (Lipinski definition) is 2. The van der Waals surface area contributed by atoms with Gasteiger partial charge in [0.2, 0.25) is 5.95 Å². The van der Waals surface area contributed by atoms with Crippen molar-refractivity contribution in [2.24, 2.45) is 0 Å². The van der Waals surface area contributed by atoms with Gasteiger partial charge in [0.25, 0.3) is 5.56 Å². The van der Waals surface area contributed by atoms with Gasteiger partial charge in [-0.15, -0.1) is 0 Å². The second kappa shape index (κ2) is 7.08. The number of alkyl halides is 3. The molecule has 0 aromatic carbocycles. The number of halogens is 3. The highest BCUT2D eigenvalue weighted by Gasteiger charge is 2.33. The van der Waals surface area contributed by atoms with Crippen LogP contribution in [0.2, 0.25) is 0 Å². The standard InChI is InChI=1S/C15H17F3N6O/c16-15(17,18)11-6-7-19-14(21-11)20-9-10-3-1-2-8-24(10)12-4-5-13(25)23-22-12/h4-7,10H,1-3,8-9H2,(H,23,25)(H,19,20,21). The highest BCUT2D eigenvalue weighted by molar-refractivity contribution is 5.39. The Balaban J connectivity index is 1.70. The van der Waals surface area contributed by atoms with Crippen LogP contribution in [0.25, 0.3) is 0 Å². The number of nitrogens with one attached hydrogen (secondary N) is 2. The Morgan fingerprint density at radius 3 is 2.84 bits per heavy atom. The first-order chi connectivity index (χ1) is 11.9. The summed E-state index contributed by atoms with van der Waals surface area (Å²) in [5, 5.41) is 9.31. The number of aromatic amines is 1. The molecule has 3 rings (SSSR count). The van der Waals surface area contributed by atoms with Crippen LogP contribution in [-0.4, -0.2) is 39.3 Å². The highest BCUT2D eigenvalue weighted by atomic mass is 19.4. The molecule has 1 aliphatic heterocycles. The molecule has 2 aromatic heterocycles. The summed E-state index contributed by atoms with van der Waals surface area (Å²) < 4.78 is 38.1. The first kappa shape index (κ1) is 17.2. The Hall–Kier alpha value is -2.65. The van der Waals surface area contributed by atoms with E-state index in [0.717, 1.165) is 38.1 Å². The third-order valence-corrected chi connectivity index (χ3v) is 4.03. The van der Waals surface area contributed by atoms with E-state index in [1.165, 1.54) is 6.07 Å². The van der Waals surface area contributed by atoms with E-state index in [9.17, 15) is 18.0 Å². The molecule has 2 N–H and O–H groups in total. The van der Waals surface area contributed by atoms with Crippen LogP contribution in [0.1, 0.15) is 25.0 Å². The van der Waals surface area contributed by atoms with Crippen LogP contribution in [0.15, 0.2) is 29.2 Å². The number of piperidine rings is 1. The minimum atomic E-state index is -4.50. The van der Waals surface area contributed by atoms with Gasteiger partial charge in [-0.05, 0) is 31.4 Å². The zero-order chi connectivity index (χ0) is 17.9. The lowest BCUT2D eigenvalue weighted by atomic mass is 10.0. The van der Waals surface area contributed by atoms with Crippen LogP contribution < -0.4 is 15.8 Å². The first-order valence-corrected chi connectivity index (χ1v) is 7.90. The van der Waals surface area contributed by atoms with Crippen LogP contribution in [0.4, 0.5) is 24.9 Å². The van der Waals surface area contributed by atoms with E-state index < -0.39 is 11.9 Å². The second-order valence-corrected chi connectivity index (χ2v) is 5.77. The molecule has 1 aliphatic rings. The summed E-state index contributed by atoms with van der Waals surface area (Å²) in [5.74, 6) is 0.575. The molecule has 10 heteroatoms. The van der Waals surface area contributed by atoms with Crippen LogP contribution in [0.3, 0.4) is 0 Å². The van der Waals surface area contributed by atoms with E-state index in [4.69, 9.17) is 0 Å². The summed E-state index contributed by atoms with van der Waals surface area (Å²) in [7, 11) is 0. The fraction of sp³-hybridized carbons (Fsp3) is 0.467. The maximum Gasteiger partial charge on any atom is 0.433 e. The monoisotopic (exact) mass is 354 g/mol. The summed E-state index contributed by atoms with van der Waals surface area (Å²) in [6.45, 7) is 1.14. The maximum absolute atomic E-state index is 12.7. The van der Waals surface area contributed by atoms with Crippen molar-refractivity contribution in [3.63, 3.8) is 0 Å². The lowest BCUT2D eigenvalue weighted by Gasteiger charge is -2.36. The van der Waals surface area contributed by atoms with Gasteiger partial charge in [0, 0.05) is 31.4 Å². The fourth-order valence-corrected chi connectivity index (χ4v) is 2.82. The zero-order valence-corrected chi connectivity index (χ0v) is 13.3. The molecule has 1 fully saturated rings. The van der Waals surface area contributed by atoms with E-state index >= 15 is 0 Å². The van der Waals surface area contributed by atoms with Crippen molar-refractivity contribution in [2.45, 2.75) is 31.5 Å². The highest BCUT2D eigenvalue weighted by Crippen LogP contribution is 2.28.